The summed E-state index contributed by atoms with van der Waals surface area (Å²) < 4.78 is 19.4. The van der Waals surface area contributed by atoms with E-state index in [2.05, 4.69) is 10.3 Å². The second kappa shape index (κ2) is 4.21. The Balaban J connectivity index is 2.44. The van der Waals surface area contributed by atoms with Crippen LogP contribution in [0.4, 0.5) is 10.1 Å². The first-order chi connectivity index (χ1) is 8.72. The summed E-state index contributed by atoms with van der Waals surface area (Å²) >= 11 is 0. The molecular formula is C14H15FN2O. The van der Waals surface area contributed by atoms with Crippen LogP contribution in [0, 0.1) is 12.7 Å². The van der Waals surface area contributed by atoms with Crippen LogP contribution < -0.4 is 5.32 Å². The lowest BCUT2D eigenvalue weighted by molar-refractivity contribution is 0.110. The molecule has 4 heteroatoms. The average molecular weight is 246 g/mol. The highest BCUT2D eigenvalue weighted by molar-refractivity contribution is 5.96. The Bertz CT molecular complexity index is 625. The molecule has 0 atom stereocenters. The van der Waals surface area contributed by atoms with Crippen molar-refractivity contribution in [3.8, 4) is 0 Å². The second-order valence-corrected chi connectivity index (χ2v) is 4.55. The van der Waals surface area contributed by atoms with Crippen LogP contribution >= 0.6 is 0 Å². The molecule has 18 heavy (non-hydrogen) atoms. The van der Waals surface area contributed by atoms with Crippen LogP contribution in [0.3, 0.4) is 0 Å². The van der Waals surface area contributed by atoms with E-state index in [-0.39, 0.29) is 5.82 Å². The van der Waals surface area contributed by atoms with E-state index >= 15 is 0 Å². The van der Waals surface area contributed by atoms with Crippen LogP contribution in [0.5, 0.6) is 0 Å². The van der Waals surface area contributed by atoms with Gasteiger partial charge in [0, 0.05) is 24.4 Å². The van der Waals surface area contributed by atoms with Crippen molar-refractivity contribution in [3.63, 3.8) is 0 Å². The third kappa shape index (κ3) is 1.56. The lowest BCUT2D eigenvalue weighted by atomic mass is 10.00. The third-order valence-corrected chi connectivity index (χ3v) is 3.46. The van der Waals surface area contributed by atoms with Crippen LogP contribution in [-0.2, 0) is 17.8 Å². The molecule has 2 aromatic rings. The zero-order chi connectivity index (χ0) is 12.7. The van der Waals surface area contributed by atoms with Crippen molar-refractivity contribution in [3.05, 3.63) is 34.8 Å². The normalized spacial score (nSPS) is 14.6. The molecule has 0 saturated heterocycles. The summed E-state index contributed by atoms with van der Waals surface area (Å²) in [5.41, 5.74) is 4.44. The topological polar surface area (TPSA) is 34.2 Å². The number of rotatable bonds is 1. The number of ether oxygens (including phenoxy) is 1. The van der Waals surface area contributed by atoms with E-state index in [0.29, 0.717) is 18.7 Å². The van der Waals surface area contributed by atoms with Gasteiger partial charge in [0.25, 0.3) is 0 Å². The summed E-state index contributed by atoms with van der Waals surface area (Å²) in [4.78, 5) is 4.49. The molecule has 0 radical (unpaired) electrons. The van der Waals surface area contributed by atoms with Crippen molar-refractivity contribution in [2.24, 2.45) is 0 Å². The lowest BCUT2D eigenvalue weighted by Gasteiger charge is -2.21. The minimum Gasteiger partial charge on any atom is -0.387 e. The number of halogens is 1. The Morgan fingerprint density at radius 2 is 2.22 bits per heavy atom. The number of aromatic nitrogens is 1. The molecule has 1 aliphatic heterocycles. The number of benzene rings is 1. The molecule has 3 rings (SSSR count). The van der Waals surface area contributed by atoms with Crippen LogP contribution in [-0.4, -0.2) is 18.6 Å². The quantitative estimate of drug-likeness (QED) is 0.840. The Hall–Kier alpha value is -1.68. The molecule has 0 saturated carbocycles. The van der Waals surface area contributed by atoms with Crippen LogP contribution in [0.25, 0.3) is 10.9 Å². The molecule has 2 heterocycles. The van der Waals surface area contributed by atoms with Gasteiger partial charge in [0.05, 0.1) is 24.6 Å². The third-order valence-electron chi connectivity index (χ3n) is 3.46. The first kappa shape index (κ1) is 11.4. The Labute approximate surface area is 105 Å². The number of nitrogens with one attached hydrogen (secondary N) is 1. The van der Waals surface area contributed by atoms with Crippen LogP contribution in [0.1, 0.15) is 16.8 Å². The molecular weight excluding hydrogens is 231 g/mol. The summed E-state index contributed by atoms with van der Waals surface area (Å²) in [7, 11) is 1.86. The fourth-order valence-corrected chi connectivity index (χ4v) is 2.57. The van der Waals surface area contributed by atoms with Crippen LogP contribution in [0.2, 0.25) is 0 Å². The molecule has 0 unspecified atom stereocenters. The van der Waals surface area contributed by atoms with Crippen molar-refractivity contribution in [2.45, 2.75) is 20.0 Å². The maximum absolute atomic E-state index is 13.9. The number of pyridine rings is 1. The fraction of sp³-hybridized carbons (Fsp3) is 0.357. The molecule has 3 nitrogen and oxygen atoms in total. The van der Waals surface area contributed by atoms with E-state index in [1.165, 1.54) is 6.07 Å². The van der Waals surface area contributed by atoms with Gasteiger partial charge >= 0.3 is 0 Å². The average Bonchev–Trinajstić information content (AvgIpc) is 2.41. The standard InChI is InChI=1S/C14H15FN2O/c1-8-3-4-10(15)14-12(8)13(16-2)9-7-18-6-5-11(9)17-14/h3-4H,5-7H2,1-2H3,(H,16,17). The molecule has 0 amide bonds. The fourth-order valence-electron chi connectivity index (χ4n) is 2.57. The molecule has 1 aromatic carbocycles. The Morgan fingerprint density at radius 3 is 3.00 bits per heavy atom. The van der Waals surface area contributed by atoms with E-state index in [1.807, 2.05) is 14.0 Å². The molecule has 0 fully saturated rings. The second-order valence-electron chi connectivity index (χ2n) is 4.55. The maximum Gasteiger partial charge on any atom is 0.149 e. The monoisotopic (exact) mass is 246 g/mol. The molecule has 1 N–H and O–H groups in total. The SMILES string of the molecule is CNc1c2c(nc3c(F)ccc(C)c13)CCOC2. The predicted molar refractivity (Wildman–Crippen MR) is 69.3 cm³/mol. The molecule has 0 aliphatic carbocycles. The highest BCUT2D eigenvalue weighted by Gasteiger charge is 2.20. The lowest BCUT2D eigenvalue weighted by Crippen LogP contribution is -2.15. The zero-order valence-electron chi connectivity index (χ0n) is 10.5. The molecule has 1 aromatic heterocycles. The molecule has 1 aliphatic rings. The van der Waals surface area contributed by atoms with Crippen molar-refractivity contribution in [1.29, 1.82) is 0 Å². The van der Waals surface area contributed by atoms with Crippen molar-refractivity contribution in [1.82, 2.24) is 4.98 Å². The summed E-state index contributed by atoms with van der Waals surface area (Å²) in [5.74, 6) is -0.263. The summed E-state index contributed by atoms with van der Waals surface area (Å²) in [6.45, 7) is 3.17. The first-order valence-electron chi connectivity index (χ1n) is 6.08. The highest BCUT2D eigenvalue weighted by Crippen LogP contribution is 2.34. The first-order valence-corrected chi connectivity index (χ1v) is 6.08. The van der Waals surface area contributed by atoms with E-state index in [4.69, 9.17) is 4.74 Å². The number of aryl methyl sites for hydroxylation is 1. The minimum atomic E-state index is -0.263. The van der Waals surface area contributed by atoms with Gasteiger partial charge in [-0.2, -0.15) is 0 Å². The summed E-state index contributed by atoms with van der Waals surface area (Å²) in [5, 5.41) is 4.04. The Kier molecular flexibility index (Phi) is 2.67. The van der Waals surface area contributed by atoms with Gasteiger partial charge in [-0.05, 0) is 18.6 Å². The van der Waals surface area contributed by atoms with E-state index in [1.54, 1.807) is 6.07 Å². The zero-order valence-corrected chi connectivity index (χ0v) is 10.5. The smallest absolute Gasteiger partial charge is 0.149 e. The van der Waals surface area contributed by atoms with Gasteiger partial charge in [-0.15, -0.1) is 0 Å². The summed E-state index contributed by atoms with van der Waals surface area (Å²) in [6, 6.07) is 3.27. The van der Waals surface area contributed by atoms with Gasteiger partial charge in [-0.25, -0.2) is 9.37 Å². The number of nitrogens with zero attached hydrogens (tertiary/aromatic N) is 1. The van der Waals surface area contributed by atoms with E-state index < -0.39 is 0 Å². The van der Waals surface area contributed by atoms with Gasteiger partial charge in [0.2, 0.25) is 0 Å². The highest BCUT2D eigenvalue weighted by atomic mass is 19.1. The number of hydrogen-bond donors (Lipinski definition) is 1. The van der Waals surface area contributed by atoms with Crippen molar-refractivity contribution in [2.75, 3.05) is 19.0 Å². The van der Waals surface area contributed by atoms with Gasteiger partial charge in [0.1, 0.15) is 11.3 Å². The van der Waals surface area contributed by atoms with Gasteiger partial charge in [-0.3, -0.25) is 0 Å². The van der Waals surface area contributed by atoms with Gasteiger partial charge < -0.3 is 10.1 Å². The summed E-state index contributed by atoms with van der Waals surface area (Å²) in [6.07, 6.45) is 0.743. The molecule has 0 bridgehead atoms. The largest absolute Gasteiger partial charge is 0.387 e. The number of fused-ring (bicyclic) bond motifs is 2. The maximum atomic E-state index is 13.9. The minimum absolute atomic E-state index is 0.263. The van der Waals surface area contributed by atoms with Gasteiger partial charge in [-0.1, -0.05) is 6.07 Å². The predicted octanol–water partition coefficient (Wildman–Crippen LogP) is 2.80. The van der Waals surface area contributed by atoms with E-state index in [0.717, 1.165) is 34.3 Å². The van der Waals surface area contributed by atoms with Crippen LogP contribution in [0.15, 0.2) is 12.1 Å². The Morgan fingerprint density at radius 1 is 1.39 bits per heavy atom. The van der Waals surface area contributed by atoms with Crippen molar-refractivity contribution >= 4 is 16.6 Å². The molecule has 0 spiro atoms. The number of anilines is 1. The molecule has 94 valence electrons. The van der Waals surface area contributed by atoms with Crippen molar-refractivity contribution < 1.29 is 9.13 Å². The van der Waals surface area contributed by atoms with E-state index in [9.17, 15) is 4.39 Å². The van der Waals surface area contributed by atoms with Gasteiger partial charge in [0.15, 0.2) is 0 Å². The number of hydrogen-bond acceptors (Lipinski definition) is 3.